The van der Waals surface area contributed by atoms with Gasteiger partial charge in [-0.3, -0.25) is 19.7 Å². The van der Waals surface area contributed by atoms with Crippen molar-refractivity contribution in [2.75, 3.05) is 18.0 Å². The van der Waals surface area contributed by atoms with E-state index in [1.807, 2.05) is 6.07 Å². The minimum atomic E-state index is -0.624. The number of nitrogens with zero attached hydrogens (tertiary/aromatic N) is 3. The molecular formula is C18H20N4O4. The van der Waals surface area contributed by atoms with Gasteiger partial charge in [0.1, 0.15) is 18.1 Å². The van der Waals surface area contributed by atoms with Crippen LogP contribution in [0.3, 0.4) is 0 Å². The van der Waals surface area contributed by atoms with Crippen molar-refractivity contribution >= 4 is 29.8 Å². The molecular weight excluding hydrogens is 336 g/mol. The molecule has 0 saturated carbocycles. The second-order valence-electron chi connectivity index (χ2n) is 7.02. The number of imide groups is 1. The third-order valence-electron chi connectivity index (χ3n) is 5.41. The molecule has 0 spiro atoms. The number of anilines is 1. The molecule has 1 unspecified atom stereocenters. The lowest BCUT2D eigenvalue weighted by atomic mass is 9.98. The zero-order chi connectivity index (χ0) is 18.3. The molecule has 3 aliphatic heterocycles. The van der Waals surface area contributed by atoms with Gasteiger partial charge in [0.2, 0.25) is 11.8 Å². The van der Waals surface area contributed by atoms with Crippen LogP contribution in [-0.4, -0.2) is 53.0 Å². The number of amides is 3. The van der Waals surface area contributed by atoms with Gasteiger partial charge in [-0.25, -0.2) is 4.98 Å². The molecule has 0 radical (unpaired) electrons. The van der Waals surface area contributed by atoms with Crippen LogP contribution in [0, 0.1) is 5.92 Å². The molecule has 1 atom stereocenters. The first kappa shape index (κ1) is 16.7. The van der Waals surface area contributed by atoms with E-state index >= 15 is 0 Å². The lowest BCUT2D eigenvalue weighted by Crippen LogP contribution is -2.52. The molecule has 2 fully saturated rings. The summed E-state index contributed by atoms with van der Waals surface area (Å²) in [6.07, 6.45) is 3.22. The van der Waals surface area contributed by atoms with Crippen molar-refractivity contribution in [1.29, 1.82) is 0 Å². The lowest BCUT2D eigenvalue weighted by molar-refractivity contribution is -0.136. The number of aromatic nitrogens is 1. The van der Waals surface area contributed by atoms with E-state index < -0.39 is 11.9 Å². The number of fused-ring (bicyclic) bond motifs is 1. The Morgan fingerprint density at radius 1 is 1.12 bits per heavy atom. The summed E-state index contributed by atoms with van der Waals surface area (Å²) in [4.78, 5) is 55.2. The second kappa shape index (κ2) is 6.51. The fourth-order valence-corrected chi connectivity index (χ4v) is 3.86. The molecule has 1 aromatic heterocycles. The van der Waals surface area contributed by atoms with Crippen molar-refractivity contribution in [2.24, 2.45) is 5.92 Å². The molecule has 136 valence electrons. The van der Waals surface area contributed by atoms with E-state index in [-0.39, 0.29) is 30.7 Å². The van der Waals surface area contributed by atoms with Gasteiger partial charge in [-0.15, -0.1) is 0 Å². The molecule has 8 nitrogen and oxygen atoms in total. The summed E-state index contributed by atoms with van der Waals surface area (Å²) in [5.41, 5.74) is 1.18. The van der Waals surface area contributed by atoms with Crippen LogP contribution in [0.4, 0.5) is 5.82 Å². The number of rotatable bonds is 3. The summed E-state index contributed by atoms with van der Waals surface area (Å²) in [6, 6.07) is 2.96. The van der Waals surface area contributed by atoms with Gasteiger partial charge in [0.15, 0.2) is 0 Å². The van der Waals surface area contributed by atoms with Crippen molar-refractivity contribution in [2.45, 2.75) is 38.3 Å². The number of carbonyl (C=O) groups excluding carboxylic acids is 4. The molecule has 0 aromatic carbocycles. The van der Waals surface area contributed by atoms with Crippen LogP contribution in [-0.2, 0) is 20.9 Å². The SMILES string of the molecule is O=CC1CCN(c2ccc3c(n2)CN(C2CCC(=O)NC2=O)C3=O)CC1. The number of nitrogens with one attached hydrogen (secondary N) is 1. The number of aldehydes is 1. The van der Waals surface area contributed by atoms with Crippen molar-refractivity contribution in [3.8, 4) is 0 Å². The molecule has 26 heavy (non-hydrogen) atoms. The van der Waals surface area contributed by atoms with E-state index in [0.717, 1.165) is 38.0 Å². The average molecular weight is 356 g/mol. The molecule has 4 heterocycles. The Labute approximate surface area is 150 Å². The van der Waals surface area contributed by atoms with Crippen molar-refractivity contribution in [1.82, 2.24) is 15.2 Å². The van der Waals surface area contributed by atoms with Gasteiger partial charge in [-0.2, -0.15) is 0 Å². The number of carbonyl (C=O) groups is 4. The van der Waals surface area contributed by atoms with Crippen LogP contribution >= 0.6 is 0 Å². The maximum absolute atomic E-state index is 12.7. The molecule has 4 rings (SSSR count). The summed E-state index contributed by atoms with van der Waals surface area (Å²) in [5.74, 6) is -0.0161. The molecule has 3 amide bonds. The Hall–Kier alpha value is -2.77. The summed E-state index contributed by atoms with van der Waals surface area (Å²) in [7, 11) is 0. The first-order valence-electron chi connectivity index (χ1n) is 8.91. The van der Waals surface area contributed by atoms with Crippen LogP contribution in [0.15, 0.2) is 12.1 Å². The summed E-state index contributed by atoms with van der Waals surface area (Å²) < 4.78 is 0. The summed E-state index contributed by atoms with van der Waals surface area (Å²) in [5, 5.41) is 2.30. The van der Waals surface area contributed by atoms with Crippen molar-refractivity contribution in [3.05, 3.63) is 23.4 Å². The zero-order valence-corrected chi connectivity index (χ0v) is 14.3. The van der Waals surface area contributed by atoms with Gasteiger partial charge in [-0.1, -0.05) is 0 Å². The highest BCUT2D eigenvalue weighted by Crippen LogP contribution is 2.29. The van der Waals surface area contributed by atoms with Gasteiger partial charge >= 0.3 is 0 Å². The normalized spacial score (nSPS) is 23.8. The minimum absolute atomic E-state index is 0.116. The number of hydrogen-bond donors (Lipinski definition) is 1. The van der Waals surface area contributed by atoms with E-state index in [4.69, 9.17) is 0 Å². The topological polar surface area (TPSA) is 99.7 Å². The third-order valence-corrected chi connectivity index (χ3v) is 5.41. The highest BCUT2D eigenvalue weighted by Gasteiger charge is 2.40. The smallest absolute Gasteiger partial charge is 0.256 e. The molecule has 0 aliphatic carbocycles. The highest BCUT2D eigenvalue weighted by atomic mass is 16.2. The van der Waals surface area contributed by atoms with Crippen LogP contribution in [0.25, 0.3) is 0 Å². The van der Waals surface area contributed by atoms with Gasteiger partial charge < -0.3 is 14.6 Å². The van der Waals surface area contributed by atoms with E-state index in [9.17, 15) is 19.2 Å². The fourth-order valence-electron chi connectivity index (χ4n) is 3.86. The number of hydrogen-bond acceptors (Lipinski definition) is 6. The van der Waals surface area contributed by atoms with Crippen molar-refractivity contribution in [3.63, 3.8) is 0 Å². The number of pyridine rings is 1. The largest absolute Gasteiger partial charge is 0.357 e. The van der Waals surface area contributed by atoms with Gasteiger partial charge in [0.05, 0.1) is 17.8 Å². The molecule has 0 bridgehead atoms. The maximum Gasteiger partial charge on any atom is 0.256 e. The first-order chi connectivity index (χ1) is 12.6. The Bertz CT molecular complexity index is 785. The maximum atomic E-state index is 12.7. The van der Waals surface area contributed by atoms with E-state index in [2.05, 4.69) is 15.2 Å². The zero-order valence-electron chi connectivity index (χ0n) is 14.3. The van der Waals surface area contributed by atoms with Crippen LogP contribution < -0.4 is 10.2 Å². The quantitative estimate of drug-likeness (QED) is 0.616. The van der Waals surface area contributed by atoms with E-state index in [0.29, 0.717) is 17.7 Å². The monoisotopic (exact) mass is 356 g/mol. The fraction of sp³-hybridized carbons (Fsp3) is 0.500. The van der Waals surface area contributed by atoms with Crippen LogP contribution in [0.2, 0.25) is 0 Å². The van der Waals surface area contributed by atoms with E-state index in [1.54, 1.807) is 6.07 Å². The standard InChI is InChI=1S/C18H20N4O4/c23-10-11-5-7-21(8-6-11)15-3-1-12-13(19-15)9-22(18(12)26)14-2-4-16(24)20-17(14)25/h1,3,10-11,14H,2,4-9H2,(H,20,24,25). The second-order valence-corrected chi connectivity index (χ2v) is 7.02. The first-order valence-corrected chi connectivity index (χ1v) is 8.91. The predicted molar refractivity (Wildman–Crippen MR) is 91.3 cm³/mol. The third kappa shape index (κ3) is 2.85. The summed E-state index contributed by atoms with van der Waals surface area (Å²) >= 11 is 0. The van der Waals surface area contributed by atoms with Gasteiger partial charge in [0, 0.05) is 25.4 Å². The predicted octanol–water partition coefficient (Wildman–Crippen LogP) is 0.258. The Kier molecular flexibility index (Phi) is 4.18. The van der Waals surface area contributed by atoms with E-state index in [1.165, 1.54) is 4.90 Å². The van der Waals surface area contributed by atoms with Gasteiger partial charge in [-0.05, 0) is 31.4 Å². The Morgan fingerprint density at radius 2 is 1.88 bits per heavy atom. The molecule has 8 heteroatoms. The molecule has 1 N–H and O–H groups in total. The average Bonchev–Trinajstić information content (AvgIpc) is 2.98. The highest BCUT2D eigenvalue weighted by molar-refractivity contribution is 6.05. The summed E-state index contributed by atoms with van der Waals surface area (Å²) in [6.45, 7) is 1.80. The minimum Gasteiger partial charge on any atom is -0.357 e. The van der Waals surface area contributed by atoms with Crippen molar-refractivity contribution < 1.29 is 19.2 Å². The molecule has 2 saturated heterocycles. The van der Waals surface area contributed by atoms with Crippen LogP contribution in [0.1, 0.15) is 41.7 Å². The molecule has 3 aliphatic rings. The lowest BCUT2D eigenvalue weighted by Gasteiger charge is -2.30. The molecule has 1 aromatic rings. The van der Waals surface area contributed by atoms with Gasteiger partial charge in [0.25, 0.3) is 5.91 Å². The van der Waals surface area contributed by atoms with Crippen LogP contribution in [0.5, 0.6) is 0 Å². The Balaban J connectivity index is 1.51. The Morgan fingerprint density at radius 3 is 2.58 bits per heavy atom. The number of piperidine rings is 2.